The Balaban J connectivity index is 1.88. The van der Waals surface area contributed by atoms with Crippen LogP contribution in [0.15, 0.2) is 24.3 Å². The average molecular weight is 353 g/mol. The Kier molecular flexibility index (Phi) is 6.33. The van der Waals surface area contributed by atoms with E-state index < -0.39 is 10.1 Å². The lowest BCUT2D eigenvalue weighted by Gasteiger charge is -2.06. The molecular formula is C16H23N3O4S. The molecule has 132 valence electrons. The minimum Gasteiger partial charge on any atom is -0.497 e. The Labute approximate surface area is 142 Å². The standard InChI is InChI=1S/C16H23N3O4S/c1-19-15(10-5-4-6-11-23-24(3,20)21)17-18-16(19)13-8-7-9-14(12-13)22-2/h7-9,12H,4-6,10-11H2,1-3H3. The molecule has 1 aromatic carbocycles. The molecule has 2 aromatic rings. The van der Waals surface area contributed by atoms with Crippen molar-refractivity contribution < 1.29 is 17.3 Å². The molecule has 0 aliphatic heterocycles. The first-order valence-electron chi connectivity index (χ1n) is 7.78. The van der Waals surface area contributed by atoms with E-state index in [-0.39, 0.29) is 6.61 Å². The van der Waals surface area contributed by atoms with E-state index in [2.05, 4.69) is 10.2 Å². The zero-order valence-corrected chi connectivity index (χ0v) is 15.0. The third-order valence-corrected chi connectivity index (χ3v) is 4.23. The normalized spacial score (nSPS) is 11.6. The molecule has 0 bridgehead atoms. The second kappa shape index (κ2) is 8.25. The maximum absolute atomic E-state index is 10.9. The highest BCUT2D eigenvalue weighted by molar-refractivity contribution is 7.85. The summed E-state index contributed by atoms with van der Waals surface area (Å²) in [4.78, 5) is 0. The molecule has 0 saturated carbocycles. The van der Waals surface area contributed by atoms with Crippen molar-refractivity contribution in [3.05, 3.63) is 30.1 Å². The number of ether oxygens (including phenoxy) is 1. The van der Waals surface area contributed by atoms with E-state index >= 15 is 0 Å². The fourth-order valence-corrected chi connectivity index (χ4v) is 2.79. The van der Waals surface area contributed by atoms with Crippen LogP contribution in [0.3, 0.4) is 0 Å². The van der Waals surface area contributed by atoms with E-state index in [0.29, 0.717) is 6.42 Å². The van der Waals surface area contributed by atoms with E-state index in [9.17, 15) is 8.42 Å². The Morgan fingerprint density at radius 1 is 1.17 bits per heavy atom. The van der Waals surface area contributed by atoms with Crippen LogP contribution in [0.5, 0.6) is 5.75 Å². The summed E-state index contributed by atoms with van der Waals surface area (Å²) < 4.78 is 33.6. The Hall–Kier alpha value is -1.93. The molecule has 0 saturated heterocycles. The van der Waals surface area contributed by atoms with Gasteiger partial charge in [0.05, 0.1) is 20.0 Å². The molecule has 24 heavy (non-hydrogen) atoms. The van der Waals surface area contributed by atoms with Gasteiger partial charge in [-0.05, 0) is 25.0 Å². The summed E-state index contributed by atoms with van der Waals surface area (Å²) in [6.07, 6.45) is 4.32. The Bertz CT molecular complexity index is 771. The predicted molar refractivity (Wildman–Crippen MR) is 91.3 cm³/mol. The van der Waals surface area contributed by atoms with Gasteiger partial charge in [-0.2, -0.15) is 8.42 Å². The van der Waals surface area contributed by atoms with Crippen LogP contribution < -0.4 is 4.74 Å². The maximum Gasteiger partial charge on any atom is 0.264 e. The van der Waals surface area contributed by atoms with Crippen LogP contribution in [0.2, 0.25) is 0 Å². The zero-order valence-electron chi connectivity index (χ0n) is 14.2. The molecule has 0 atom stereocenters. The van der Waals surface area contributed by atoms with Crippen LogP contribution in [-0.4, -0.2) is 43.2 Å². The minimum atomic E-state index is -3.34. The van der Waals surface area contributed by atoms with E-state index in [1.807, 2.05) is 35.9 Å². The highest BCUT2D eigenvalue weighted by Crippen LogP contribution is 2.22. The second-order valence-corrected chi connectivity index (χ2v) is 7.21. The molecule has 1 aromatic heterocycles. The first kappa shape index (κ1) is 18.4. The number of rotatable bonds is 9. The lowest BCUT2D eigenvalue weighted by molar-refractivity contribution is 0.310. The van der Waals surface area contributed by atoms with Gasteiger partial charge in [-0.25, -0.2) is 0 Å². The van der Waals surface area contributed by atoms with Gasteiger partial charge in [-0.1, -0.05) is 18.6 Å². The topological polar surface area (TPSA) is 83.3 Å². The Morgan fingerprint density at radius 3 is 2.67 bits per heavy atom. The van der Waals surface area contributed by atoms with Crippen molar-refractivity contribution in [1.82, 2.24) is 14.8 Å². The van der Waals surface area contributed by atoms with Gasteiger partial charge in [-0.3, -0.25) is 4.18 Å². The summed E-state index contributed by atoms with van der Waals surface area (Å²) >= 11 is 0. The molecule has 0 spiro atoms. The number of hydrogen-bond acceptors (Lipinski definition) is 6. The molecule has 0 aliphatic carbocycles. The van der Waals surface area contributed by atoms with Gasteiger partial charge < -0.3 is 9.30 Å². The third-order valence-electron chi connectivity index (χ3n) is 3.64. The van der Waals surface area contributed by atoms with Crippen LogP contribution >= 0.6 is 0 Å². The molecule has 0 amide bonds. The fourth-order valence-electron chi connectivity index (χ4n) is 2.36. The number of unbranched alkanes of at least 4 members (excludes halogenated alkanes) is 2. The van der Waals surface area contributed by atoms with Crippen LogP contribution in [0.1, 0.15) is 25.1 Å². The fraction of sp³-hybridized carbons (Fsp3) is 0.500. The molecule has 2 rings (SSSR count). The van der Waals surface area contributed by atoms with Gasteiger partial charge >= 0.3 is 0 Å². The van der Waals surface area contributed by atoms with Crippen molar-refractivity contribution in [2.24, 2.45) is 7.05 Å². The number of benzene rings is 1. The highest BCUT2D eigenvalue weighted by Gasteiger charge is 2.11. The summed E-state index contributed by atoms with van der Waals surface area (Å²) in [5.41, 5.74) is 0.956. The SMILES string of the molecule is COc1cccc(-c2nnc(CCCCCOS(C)(=O)=O)n2C)c1. The quantitative estimate of drug-likeness (QED) is 0.507. The first-order valence-corrected chi connectivity index (χ1v) is 9.59. The van der Waals surface area contributed by atoms with E-state index in [4.69, 9.17) is 8.92 Å². The summed E-state index contributed by atoms with van der Waals surface area (Å²) in [5.74, 6) is 2.48. The summed E-state index contributed by atoms with van der Waals surface area (Å²) in [7, 11) is 0.235. The number of aromatic nitrogens is 3. The molecule has 0 N–H and O–H groups in total. The van der Waals surface area contributed by atoms with Gasteiger partial charge in [0.25, 0.3) is 10.1 Å². The van der Waals surface area contributed by atoms with Gasteiger partial charge in [-0.15, -0.1) is 10.2 Å². The lowest BCUT2D eigenvalue weighted by atomic mass is 10.2. The van der Waals surface area contributed by atoms with Crippen LogP contribution in [0, 0.1) is 0 Å². The minimum absolute atomic E-state index is 0.229. The monoisotopic (exact) mass is 353 g/mol. The average Bonchev–Trinajstić information content (AvgIpc) is 2.91. The molecule has 0 aliphatic rings. The van der Waals surface area contributed by atoms with Gasteiger partial charge in [0.2, 0.25) is 0 Å². The smallest absolute Gasteiger partial charge is 0.264 e. The third kappa shape index (κ3) is 5.31. The van der Waals surface area contributed by atoms with E-state index in [1.165, 1.54) is 0 Å². The molecule has 0 fully saturated rings. The molecule has 7 nitrogen and oxygen atoms in total. The van der Waals surface area contributed by atoms with E-state index in [1.54, 1.807) is 7.11 Å². The maximum atomic E-state index is 10.9. The van der Waals surface area contributed by atoms with Crippen LogP contribution in [0.25, 0.3) is 11.4 Å². The lowest BCUT2D eigenvalue weighted by Crippen LogP contribution is -2.04. The van der Waals surface area contributed by atoms with Crippen LogP contribution in [0.4, 0.5) is 0 Å². The zero-order chi connectivity index (χ0) is 17.6. The summed E-state index contributed by atoms with van der Waals surface area (Å²) in [6, 6.07) is 7.71. The van der Waals surface area contributed by atoms with E-state index in [0.717, 1.165) is 48.5 Å². The number of methoxy groups -OCH3 is 1. The summed E-state index contributed by atoms with van der Waals surface area (Å²) in [6.45, 7) is 0.229. The number of aryl methyl sites for hydroxylation is 1. The molecule has 0 radical (unpaired) electrons. The van der Waals surface area contributed by atoms with Crippen molar-refractivity contribution in [3.63, 3.8) is 0 Å². The molecule has 8 heteroatoms. The van der Waals surface area contributed by atoms with Crippen molar-refractivity contribution in [1.29, 1.82) is 0 Å². The first-order chi connectivity index (χ1) is 11.4. The largest absolute Gasteiger partial charge is 0.497 e. The molecule has 1 heterocycles. The van der Waals surface area contributed by atoms with Gasteiger partial charge in [0.15, 0.2) is 5.82 Å². The van der Waals surface area contributed by atoms with Crippen molar-refractivity contribution in [2.45, 2.75) is 25.7 Å². The number of nitrogens with zero attached hydrogens (tertiary/aromatic N) is 3. The van der Waals surface area contributed by atoms with Crippen LogP contribution in [-0.2, 0) is 27.8 Å². The van der Waals surface area contributed by atoms with Crippen molar-refractivity contribution in [2.75, 3.05) is 20.0 Å². The second-order valence-electron chi connectivity index (χ2n) is 5.57. The number of hydrogen-bond donors (Lipinski definition) is 0. The van der Waals surface area contributed by atoms with Gasteiger partial charge in [0, 0.05) is 19.0 Å². The molecule has 0 unspecified atom stereocenters. The predicted octanol–water partition coefficient (Wildman–Crippen LogP) is 2.18. The van der Waals surface area contributed by atoms with Crippen molar-refractivity contribution in [3.8, 4) is 17.1 Å². The Morgan fingerprint density at radius 2 is 1.96 bits per heavy atom. The summed E-state index contributed by atoms with van der Waals surface area (Å²) in [5, 5.41) is 8.51. The van der Waals surface area contributed by atoms with Gasteiger partial charge in [0.1, 0.15) is 11.6 Å². The molecular weight excluding hydrogens is 330 g/mol. The highest BCUT2D eigenvalue weighted by atomic mass is 32.2. The van der Waals surface area contributed by atoms with Crippen molar-refractivity contribution >= 4 is 10.1 Å².